The van der Waals surface area contributed by atoms with Crippen molar-refractivity contribution >= 4 is 51.2 Å². The van der Waals surface area contributed by atoms with Crippen molar-refractivity contribution < 1.29 is 33.0 Å². The maximum absolute atomic E-state index is 13.9. The second-order valence-electron chi connectivity index (χ2n) is 7.45. The summed E-state index contributed by atoms with van der Waals surface area (Å²) in [5, 5.41) is 8.69. The van der Waals surface area contributed by atoms with Gasteiger partial charge in [-0.2, -0.15) is 5.10 Å². The average Bonchev–Trinajstić information content (AvgIpc) is 2.90. The molecule has 0 heterocycles. The quantitative estimate of drug-likeness (QED) is 0.186. The Hall–Kier alpha value is -4.45. The molecule has 0 aliphatic carbocycles. The molecule has 0 aliphatic rings. The summed E-state index contributed by atoms with van der Waals surface area (Å²) in [6.45, 7) is 1.81. The van der Waals surface area contributed by atoms with E-state index < -0.39 is 30.1 Å². The molecule has 0 saturated heterocycles. The number of methoxy groups -OCH3 is 1. The van der Waals surface area contributed by atoms with Crippen LogP contribution in [0.4, 0.5) is 15.8 Å². The smallest absolute Gasteiger partial charge is 0.329 e. The summed E-state index contributed by atoms with van der Waals surface area (Å²) in [4.78, 5) is 36.5. The van der Waals surface area contributed by atoms with Gasteiger partial charge in [0.15, 0.2) is 18.1 Å². The van der Waals surface area contributed by atoms with Gasteiger partial charge in [0.25, 0.3) is 5.91 Å². The number of benzene rings is 3. The van der Waals surface area contributed by atoms with Crippen molar-refractivity contribution in [3.63, 3.8) is 0 Å². The van der Waals surface area contributed by atoms with E-state index in [0.717, 1.165) is 0 Å². The second kappa shape index (κ2) is 13.7. The van der Waals surface area contributed by atoms with E-state index in [1.807, 2.05) is 0 Å². The van der Waals surface area contributed by atoms with Gasteiger partial charge >= 0.3 is 11.8 Å². The molecule has 0 aromatic heterocycles. The van der Waals surface area contributed by atoms with Crippen molar-refractivity contribution in [2.75, 3.05) is 31.0 Å². The van der Waals surface area contributed by atoms with Crippen LogP contribution >= 0.6 is 15.9 Å². The molecule has 0 radical (unpaired) electrons. The summed E-state index contributed by atoms with van der Waals surface area (Å²) in [7, 11) is 1.41. The van der Waals surface area contributed by atoms with Gasteiger partial charge in [-0.25, -0.2) is 9.82 Å². The number of hydrogen-bond acceptors (Lipinski definition) is 7. The third-order valence-corrected chi connectivity index (χ3v) is 5.27. The highest BCUT2D eigenvalue weighted by Crippen LogP contribution is 2.28. The molecule has 0 atom stereocenters. The molecule has 10 nitrogen and oxygen atoms in total. The number of halogens is 2. The number of nitrogens with zero attached hydrogens (tertiary/aromatic N) is 1. The van der Waals surface area contributed by atoms with Gasteiger partial charge in [0.05, 0.1) is 31.3 Å². The van der Waals surface area contributed by atoms with E-state index in [2.05, 4.69) is 37.1 Å². The van der Waals surface area contributed by atoms with Crippen LogP contribution in [0.3, 0.4) is 0 Å². The molecule has 38 heavy (non-hydrogen) atoms. The summed E-state index contributed by atoms with van der Waals surface area (Å²) in [6, 6.07) is 15.7. The van der Waals surface area contributed by atoms with Gasteiger partial charge in [-0.15, -0.1) is 0 Å². The molecule has 3 N–H and O–H groups in total. The molecule has 198 valence electrons. The summed E-state index contributed by atoms with van der Waals surface area (Å²) in [5.74, 6) is -2.07. The van der Waals surface area contributed by atoms with Crippen molar-refractivity contribution in [2.45, 2.75) is 6.92 Å². The van der Waals surface area contributed by atoms with Crippen molar-refractivity contribution in [1.29, 1.82) is 0 Å². The monoisotopic (exact) mass is 586 g/mol. The first-order valence-corrected chi connectivity index (χ1v) is 12.0. The lowest BCUT2D eigenvalue weighted by molar-refractivity contribution is -0.136. The zero-order valence-electron chi connectivity index (χ0n) is 20.4. The molecule has 0 aliphatic heterocycles. The lowest BCUT2D eigenvalue weighted by atomic mass is 10.2. The first-order valence-electron chi connectivity index (χ1n) is 11.2. The van der Waals surface area contributed by atoms with Crippen molar-refractivity contribution in [2.24, 2.45) is 5.10 Å². The third kappa shape index (κ3) is 8.03. The maximum atomic E-state index is 13.9. The van der Waals surface area contributed by atoms with Gasteiger partial charge < -0.3 is 24.8 Å². The predicted octanol–water partition coefficient (Wildman–Crippen LogP) is 4.10. The first kappa shape index (κ1) is 28.1. The zero-order chi connectivity index (χ0) is 27.5. The fourth-order valence-electron chi connectivity index (χ4n) is 3.05. The van der Waals surface area contributed by atoms with Crippen LogP contribution in [-0.2, 0) is 14.4 Å². The minimum atomic E-state index is -0.979. The zero-order valence-corrected chi connectivity index (χ0v) is 22.0. The molecule has 3 amide bonds. The van der Waals surface area contributed by atoms with E-state index in [1.54, 1.807) is 49.4 Å². The Morgan fingerprint density at radius 2 is 1.71 bits per heavy atom. The van der Waals surface area contributed by atoms with Crippen LogP contribution in [0.1, 0.15) is 12.5 Å². The first-order chi connectivity index (χ1) is 18.3. The molecule has 0 bridgehead atoms. The third-order valence-electron chi connectivity index (χ3n) is 4.77. The normalized spacial score (nSPS) is 10.5. The molecular formula is C26H24BrFN4O6. The van der Waals surface area contributed by atoms with Crippen LogP contribution in [0.5, 0.6) is 17.2 Å². The number of para-hydroxylation sites is 2. The highest BCUT2D eigenvalue weighted by atomic mass is 79.9. The predicted molar refractivity (Wildman–Crippen MR) is 143 cm³/mol. The van der Waals surface area contributed by atoms with Gasteiger partial charge in [-0.1, -0.05) is 28.1 Å². The molecular weight excluding hydrogens is 563 g/mol. The number of rotatable bonds is 10. The summed E-state index contributed by atoms with van der Waals surface area (Å²) >= 11 is 3.15. The van der Waals surface area contributed by atoms with Crippen molar-refractivity contribution in [3.8, 4) is 17.2 Å². The number of ether oxygens (including phenoxy) is 3. The number of carbonyl (C=O) groups excluding carboxylic acids is 3. The molecule has 0 fully saturated rings. The number of carbonyl (C=O) groups is 3. The molecule has 0 spiro atoms. The Balaban J connectivity index is 1.54. The Labute approximate surface area is 226 Å². The number of hydrogen-bond donors (Lipinski definition) is 3. The molecule has 0 saturated carbocycles. The van der Waals surface area contributed by atoms with E-state index in [1.165, 1.54) is 31.5 Å². The number of anilines is 2. The maximum Gasteiger partial charge on any atom is 0.329 e. The van der Waals surface area contributed by atoms with Gasteiger partial charge in [0.2, 0.25) is 0 Å². The van der Waals surface area contributed by atoms with Crippen LogP contribution in [-0.4, -0.2) is 44.3 Å². The molecule has 12 heteroatoms. The van der Waals surface area contributed by atoms with Gasteiger partial charge in [0, 0.05) is 4.47 Å². The lowest BCUT2D eigenvalue weighted by Gasteiger charge is -2.12. The van der Waals surface area contributed by atoms with Crippen molar-refractivity contribution in [1.82, 2.24) is 5.43 Å². The second-order valence-corrected chi connectivity index (χ2v) is 8.37. The fraction of sp³-hybridized carbons (Fsp3) is 0.154. The van der Waals surface area contributed by atoms with Crippen LogP contribution < -0.4 is 30.3 Å². The minimum Gasteiger partial charge on any atom is -0.493 e. The van der Waals surface area contributed by atoms with Gasteiger partial charge in [-0.3, -0.25) is 14.4 Å². The average molecular weight is 587 g/mol. The SMILES string of the molecule is CCOc1ccccc1NC(=O)C(=O)N/N=C\c1ccc(OCC(=O)Nc2ccc(Br)cc2F)c(OC)c1. The Bertz CT molecular complexity index is 1350. The van der Waals surface area contributed by atoms with Crippen LogP contribution in [0.15, 0.2) is 70.2 Å². The van der Waals surface area contributed by atoms with Crippen molar-refractivity contribution in [3.05, 3.63) is 76.5 Å². The Morgan fingerprint density at radius 1 is 0.921 bits per heavy atom. The Kier molecular flexibility index (Phi) is 10.2. The fourth-order valence-corrected chi connectivity index (χ4v) is 3.38. The largest absolute Gasteiger partial charge is 0.493 e. The van der Waals surface area contributed by atoms with Crippen LogP contribution in [0.25, 0.3) is 0 Å². The summed E-state index contributed by atoms with van der Waals surface area (Å²) in [6.07, 6.45) is 1.30. The van der Waals surface area contributed by atoms with E-state index in [4.69, 9.17) is 14.2 Å². The van der Waals surface area contributed by atoms with Gasteiger partial charge in [0.1, 0.15) is 11.6 Å². The molecule has 3 aromatic rings. The number of hydrazone groups is 1. The number of nitrogens with one attached hydrogen (secondary N) is 3. The topological polar surface area (TPSA) is 127 Å². The standard InChI is InChI=1S/C26H24BrFN4O6/c1-3-37-21-7-5-4-6-20(21)31-25(34)26(35)32-29-14-16-8-11-22(23(12-16)36-2)38-15-24(33)30-19-10-9-17(27)13-18(19)28/h4-14H,3,15H2,1-2H3,(H,30,33)(H,31,34)(H,32,35)/b29-14-. The number of amides is 3. The van der Waals surface area contributed by atoms with E-state index in [-0.39, 0.29) is 17.2 Å². The minimum absolute atomic E-state index is 0.0227. The highest BCUT2D eigenvalue weighted by molar-refractivity contribution is 9.10. The molecule has 3 aromatic carbocycles. The van der Waals surface area contributed by atoms with Gasteiger partial charge in [-0.05, 0) is 61.0 Å². The highest BCUT2D eigenvalue weighted by Gasteiger charge is 2.15. The van der Waals surface area contributed by atoms with E-state index >= 15 is 0 Å². The molecule has 3 rings (SSSR count). The summed E-state index contributed by atoms with van der Waals surface area (Å²) < 4.78 is 30.6. The summed E-state index contributed by atoms with van der Waals surface area (Å²) in [5.41, 5.74) is 3.04. The van der Waals surface area contributed by atoms with Crippen LogP contribution in [0, 0.1) is 5.82 Å². The van der Waals surface area contributed by atoms with Crippen LogP contribution in [0.2, 0.25) is 0 Å². The van der Waals surface area contributed by atoms with E-state index in [9.17, 15) is 18.8 Å². The Morgan fingerprint density at radius 3 is 2.45 bits per heavy atom. The molecule has 0 unspecified atom stereocenters. The van der Waals surface area contributed by atoms with E-state index in [0.29, 0.717) is 28.1 Å². The lowest BCUT2D eigenvalue weighted by Crippen LogP contribution is -2.32.